The van der Waals surface area contributed by atoms with E-state index in [1.54, 1.807) is 0 Å². The van der Waals surface area contributed by atoms with Crippen molar-refractivity contribution in [3.63, 3.8) is 0 Å². The standard InChI is InChI=1S/C27H22NO.C5H8O2.Ir/c1-16-8-9-17(2)21-15-26-23(13-20(16)21)24-14-22-19(12-25(24)29-26)10-11-28-27(22)18-6-4-3-5-7-18;1-4(6)3-5(2)7;/h3-6,10-17H,8-9H2,1-2H3;3,6H,1-2H3;/q-1;;/b;4-3-;. The first-order valence-corrected chi connectivity index (χ1v) is 12.5. The Bertz CT molecular complexity index is 1610. The van der Waals surface area contributed by atoms with E-state index in [0.29, 0.717) is 11.8 Å². The molecule has 2 atom stereocenters. The Morgan fingerprint density at radius 1 is 0.973 bits per heavy atom. The van der Waals surface area contributed by atoms with Gasteiger partial charge in [-0.25, -0.2) is 0 Å². The monoisotopic (exact) mass is 669 g/mol. The summed E-state index contributed by atoms with van der Waals surface area (Å²) < 4.78 is 6.33. The van der Waals surface area contributed by atoms with Crippen molar-refractivity contribution < 1.29 is 34.4 Å². The quantitative estimate of drug-likeness (QED) is 0.116. The number of benzene rings is 3. The molecule has 5 aromatic rings. The Labute approximate surface area is 230 Å². The fourth-order valence-electron chi connectivity index (χ4n) is 5.23. The van der Waals surface area contributed by atoms with Crippen LogP contribution in [0.2, 0.25) is 0 Å². The largest absolute Gasteiger partial charge is 0.512 e. The molecule has 1 N–H and O–H groups in total. The van der Waals surface area contributed by atoms with Gasteiger partial charge < -0.3 is 14.5 Å². The van der Waals surface area contributed by atoms with Crippen LogP contribution in [0.15, 0.2) is 77.0 Å². The normalized spacial score (nSPS) is 17.1. The molecule has 0 saturated carbocycles. The minimum absolute atomic E-state index is 0. The third-order valence-electron chi connectivity index (χ3n) is 7.03. The molecule has 1 aliphatic rings. The van der Waals surface area contributed by atoms with E-state index in [0.717, 1.165) is 33.2 Å². The number of nitrogens with zero attached hydrogens (tertiary/aromatic N) is 1. The first kappa shape index (κ1) is 26.8. The number of aromatic nitrogens is 1. The SMILES string of the molecule is CC(=O)/C=C(/C)O.CC1CCC(C)c2cc3c(cc21)oc1cc2ccnc(-c4[c-]cccc4)c2cc13.[Ir]. The van der Waals surface area contributed by atoms with Crippen molar-refractivity contribution in [1.82, 2.24) is 4.98 Å². The fraction of sp³-hybridized carbons (Fsp3) is 0.250. The van der Waals surface area contributed by atoms with Crippen LogP contribution in [0.25, 0.3) is 44.0 Å². The van der Waals surface area contributed by atoms with Crippen molar-refractivity contribution in [3.8, 4) is 11.3 Å². The number of carbonyl (C=O) groups excluding carboxylic acids is 1. The summed E-state index contributed by atoms with van der Waals surface area (Å²) >= 11 is 0. The van der Waals surface area contributed by atoms with Gasteiger partial charge in [-0.15, -0.1) is 35.9 Å². The molecule has 0 spiro atoms. The Balaban J connectivity index is 0.000000356. The van der Waals surface area contributed by atoms with Crippen LogP contribution in [-0.4, -0.2) is 15.9 Å². The van der Waals surface area contributed by atoms with E-state index in [2.05, 4.69) is 61.3 Å². The number of pyridine rings is 1. The minimum Gasteiger partial charge on any atom is -0.512 e. The maximum absolute atomic E-state index is 10.0. The molecule has 37 heavy (non-hydrogen) atoms. The molecule has 0 amide bonds. The zero-order chi connectivity index (χ0) is 25.4. The second kappa shape index (κ2) is 11.0. The van der Waals surface area contributed by atoms with E-state index in [9.17, 15) is 4.79 Å². The molecule has 2 heterocycles. The summed E-state index contributed by atoms with van der Waals surface area (Å²) in [5.74, 6) is 1.14. The van der Waals surface area contributed by atoms with Gasteiger partial charge >= 0.3 is 0 Å². The molecule has 4 nitrogen and oxygen atoms in total. The summed E-state index contributed by atoms with van der Waals surface area (Å²) in [5, 5.41) is 13.0. The van der Waals surface area contributed by atoms with E-state index in [1.807, 2.05) is 24.4 Å². The molecule has 191 valence electrons. The van der Waals surface area contributed by atoms with E-state index in [4.69, 9.17) is 9.52 Å². The Hall–Kier alpha value is -3.27. The summed E-state index contributed by atoms with van der Waals surface area (Å²) in [6.07, 6.45) is 5.55. The first-order valence-electron chi connectivity index (χ1n) is 12.5. The van der Waals surface area contributed by atoms with E-state index >= 15 is 0 Å². The number of fused-ring (bicyclic) bond motifs is 5. The van der Waals surface area contributed by atoms with Crippen molar-refractivity contribution in [3.05, 3.63) is 89.8 Å². The van der Waals surface area contributed by atoms with E-state index in [1.165, 1.54) is 54.7 Å². The van der Waals surface area contributed by atoms with Crippen LogP contribution in [0.4, 0.5) is 0 Å². The van der Waals surface area contributed by atoms with Gasteiger partial charge in [0.25, 0.3) is 0 Å². The summed E-state index contributed by atoms with van der Waals surface area (Å²) in [6, 6.07) is 22.5. The Kier molecular flexibility index (Phi) is 7.96. The molecule has 5 heteroatoms. The van der Waals surface area contributed by atoms with Crippen LogP contribution in [0.1, 0.15) is 63.5 Å². The molecule has 2 aromatic heterocycles. The summed E-state index contributed by atoms with van der Waals surface area (Å²) in [5.41, 5.74) is 6.88. The first-order chi connectivity index (χ1) is 17.3. The van der Waals surface area contributed by atoms with Gasteiger partial charge in [0, 0.05) is 43.2 Å². The predicted octanol–water partition coefficient (Wildman–Crippen LogP) is 8.64. The predicted molar refractivity (Wildman–Crippen MR) is 146 cm³/mol. The molecular weight excluding hydrogens is 639 g/mol. The van der Waals surface area contributed by atoms with Crippen LogP contribution in [0, 0.1) is 6.07 Å². The van der Waals surface area contributed by atoms with Crippen LogP contribution in [0.5, 0.6) is 0 Å². The number of carbonyl (C=O) groups is 1. The number of hydrogen-bond acceptors (Lipinski definition) is 4. The minimum atomic E-state index is -0.125. The molecule has 1 aliphatic carbocycles. The number of hydrogen-bond donors (Lipinski definition) is 1. The number of ketones is 1. The van der Waals surface area contributed by atoms with Gasteiger partial charge in [0.05, 0.1) is 5.76 Å². The Morgan fingerprint density at radius 3 is 2.27 bits per heavy atom. The van der Waals surface area contributed by atoms with Crippen LogP contribution < -0.4 is 0 Å². The molecule has 1 radical (unpaired) electrons. The summed E-state index contributed by atoms with van der Waals surface area (Å²) in [4.78, 5) is 14.7. The zero-order valence-corrected chi connectivity index (χ0v) is 23.9. The maximum atomic E-state index is 10.0. The number of furan rings is 1. The number of aliphatic hydroxyl groups is 1. The average molecular weight is 669 g/mol. The van der Waals surface area contributed by atoms with Gasteiger partial charge in [-0.2, -0.15) is 0 Å². The van der Waals surface area contributed by atoms with Crippen molar-refractivity contribution in [2.24, 2.45) is 0 Å². The summed E-state index contributed by atoms with van der Waals surface area (Å²) in [7, 11) is 0. The van der Waals surface area contributed by atoms with Gasteiger partial charge in [0.15, 0.2) is 5.78 Å². The van der Waals surface area contributed by atoms with E-state index < -0.39 is 0 Å². The Morgan fingerprint density at radius 2 is 1.65 bits per heavy atom. The molecule has 2 unspecified atom stereocenters. The second-order valence-corrected chi connectivity index (χ2v) is 9.86. The van der Waals surface area contributed by atoms with Gasteiger partial charge in [-0.3, -0.25) is 4.79 Å². The van der Waals surface area contributed by atoms with Gasteiger partial charge in [-0.05, 0) is 96.5 Å². The third-order valence-corrected chi connectivity index (χ3v) is 7.03. The maximum Gasteiger partial charge on any atom is 0.155 e. The smallest absolute Gasteiger partial charge is 0.155 e. The van der Waals surface area contributed by atoms with Gasteiger partial charge in [0.2, 0.25) is 0 Å². The number of rotatable bonds is 2. The van der Waals surface area contributed by atoms with Crippen molar-refractivity contribution in [2.75, 3.05) is 0 Å². The molecule has 6 rings (SSSR count). The van der Waals surface area contributed by atoms with Gasteiger partial charge in [0.1, 0.15) is 11.2 Å². The van der Waals surface area contributed by atoms with Crippen molar-refractivity contribution in [1.29, 1.82) is 0 Å². The van der Waals surface area contributed by atoms with Crippen molar-refractivity contribution >= 4 is 38.5 Å². The van der Waals surface area contributed by atoms with Crippen molar-refractivity contribution in [2.45, 2.75) is 52.4 Å². The molecule has 0 saturated heterocycles. The zero-order valence-electron chi connectivity index (χ0n) is 21.5. The molecular formula is C32H30IrNO3-. The van der Waals surface area contributed by atoms with Crippen LogP contribution in [-0.2, 0) is 24.9 Å². The molecule has 0 fully saturated rings. The van der Waals surface area contributed by atoms with Crippen LogP contribution >= 0.6 is 0 Å². The summed E-state index contributed by atoms with van der Waals surface area (Å²) in [6.45, 7) is 7.53. The van der Waals surface area contributed by atoms with E-state index in [-0.39, 0.29) is 31.6 Å². The van der Waals surface area contributed by atoms with Crippen LogP contribution in [0.3, 0.4) is 0 Å². The fourth-order valence-corrected chi connectivity index (χ4v) is 5.23. The third kappa shape index (κ3) is 5.39. The average Bonchev–Trinajstić information content (AvgIpc) is 3.20. The molecule has 0 bridgehead atoms. The second-order valence-electron chi connectivity index (χ2n) is 9.86. The molecule has 3 aromatic carbocycles. The topological polar surface area (TPSA) is 63.3 Å². The number of aliphatic hydroxyl groups excluding tert-OH is 1. The molecule has 0 aliphatic heterocycles. The number of allylic oxidation sites excluding steroid dienone is 2. The van der Waals surface area contributed by atoms with Gasteiger partial charge in [-0.1, -0.05) is 13.8 Å².